The van der Waals surface area contributed by atoms with E-state index in [1.54, 1.807) is 6.20 Å². The molecule has 0 saturated carbocycles. The van der Waals surface area contributed by atoms with E-state index in [2.05, 4.69) is 20.6 Å². The molecule has 8 heteroatoms. The van der Waals surface area contributed by atoms with Crippen molar-refractivity contribution in [2.45, 2.75) is 12.1 Å². The Hall–Kier alpha value is -4.82. The summed E-state index contributed by atoms with van der Waals surface area (Å²) in [5.74, 6) is -1.47. The van der Waals surface area contributed by atoms with Crippen molar-refractivity contribution in [1.29, 1.82) is 0 Å². The number of carbonyl (C=O) groups excluding carboxylic acids is 1. The van der Waals surface area contributed by atoms with E-state index < -0.39 is 23.8 Å². The highest BCUT2D eigenvalue weighted by molar-refractivity contribution is 5.99. The third-order valence-electron chi connectivity index (χ3n) is 6.10. The highest BCUT2D eigenvalue weighted by atomic mass is 19.1. The Morgan fingerprint density at radius 3 is 2.24 bits per heavy atom. The molecule has 0 aliphatic rings. The van der Waals surface area contributed by atoms with Gasteiger partial charge in [0.2, 0.25) is 0 Å². The molecule has 184 valence electrons. The van der Waals surface area contributed by atoms with Crippen LogP contribution in [0.2, 0.25) is 0 Å². The lowest BCUT2D eigenvalue weighted by Gasteiger charge is -2.27. The molecule has 0 aliphatic carbocycles. The lowest BCUT2D eigenvalue weighted by atomic mass is 9.94. The van der Waals surface area contributed by atoms with Crippen molar-refractivity contribution in [2.75, 3.05) is 10.6 Å². The van der Waals surface area contributed by atoms with Crippen molar-refractivity contribution in [1.82, 2.24) is 9.97 Å². The summed E-state index contributed by atoms with van der Waals surface area (Å²) < 4.78 is 15.3. The molecule has 5 aromatic rings. The molecule has 0 spiro atoms. The first-order chi connectivity index (χ1) is 18.0. The van der Waals surface area contributed by atoms with Crippen molar-refractivity contribution in [2.24, 2.45) is 11.5 Å². The third kappa shape index (κ3) is 5.24. The molecule has 0 bridgehead atoms. The molecule has 0 fully saturated rings. The Morgan fingerprint density at radius 2 is 1.54 bits per heavy atom. The smallest absolute Gasteiger partial charge is 0.252 e. The van der Waals surface area contributed by atoms with Gasteiger partial charge in [-0.05, 0) is 35.4 Å². The number of anilines is 3. The molecule has 5 rings (SSSR count). The first-order valence-corrected chi connectivity index (χ1v) is 11.7. The minimum Gasteiger partial charge on any atom is -0.365 e. The zero-order chi connectivity index (χ0) is 25.8. The van der Waals surface area contributed by atoms with Crippen LogP contribution in [0.5, 0.6) is 0 Å². The van der Waals surface area contributed by atoms with Crippen LogP contribution in [0.1, 0.15) is 33.6 Å². The summed E-state index contributed by atoms with van der Waals surface area (Å²) in [6.07, 6.45) is 1.69. The summed E-state index contributed by atoms with van der Waals surface area (Å²) in [5.41, 5.74) is 15.2. The van der Waals surface area contributed by atoms with E-state index in [1.165, 1.54) is 0 Å². The minimum atomic E-state index is -0.806. The van der Waals surface area contributed by atoms with E-state index in [0.29, 0.717) is 5.69 Å². The van der Waals surface area contributed by atoms with Gasteiger partial charge in [-0.1, -0.05) is 72.8 Å². The third-order valence-corrected chi connectivity index (χ3v) is 6.10. The van der Waals surface area contributed by atoms with Crippen LogP contribution in [0.25, 0.3) is 10.9 Å². The number of aromatic nitrogens is 2. The van der Waals surface area contributed by atoms with Gasteiger partial charge in [-0.15, -0.1) is 0 Å². The highest BCUT2D eigenvalue weighted by Gasteiger charge is 2.25. The quantitative estimate of drug-likeness (QED) is 0.228. The molecule has 0 aliphatic heterocycles. The number of amides is 1. The van der Waals surface area contributed by atoms with Crippen LogP contribution in [0.15, 0.2) is 103 Å². The van der Waals surface area contributed by atoms with Gasteiger partial charge in [-0.2, -0.15) is 0 Å². The lowest BCUT2D eigenvalue weighted by molar-refractivity contribution is 0.100. The second-order valence-corrected chi connectivity index (χ2v) is 8.58. The Morgan fingerprint density at radius 1 is 0.838 bits per heavy atom. The standard InChI is InChI=1S/C29H25FN6O/c30-23-17-22(27(32)37)28(34-21-14-13-18-12-7-15-33-24(18)16-21)36-29(23)35-26(20-10-5-2-6-11-20)25(31)19-8-3-1-4-9-19/h1-17,25-26H,31H2,(H2,32,37)(H2,34,35,36)/t25-,26+/m0/s1. The maximum Gasteiger partial charge on any atom is 0.252 e. The number of nitrogens with zero attached hydrogens (tertiary/aromatic N) is 2. The first kappa shape index (κ1) is 23.9. The molecule has 2 atom stereocenters. The van der Waals surface area contributed by atoms with Crippen molar-refractivity contribution in [3.63, 3.8) is 0 Å². The molecule has 0 radical (unpaired) electrons. The number of primary amides is 1. The van der Waals surface area contributed by atoms with Gasteiger partial charge < -0.3 is 22.1 Å². The van der Waals surface area contributed by atoms with Crippen molar-refractivity contribution < 1.29 is 9.18 Å². The maximum atomic E-state index is 15.3. The number of carbonyl (C=O) groups is 1. The van der Waals surface area contributed by atoms with Gasteiger partial charge in [0, 0.05) is 17.3 Å². The fourth-order valence-corrected chi connectivity index (χ4v) is 4.21. The van der Waals surface area contributed by atoms with Crippen LogP contribution >= 0.6 is 0 Å². The molecule has 0 saturated heterocycles. The zero-order valence-corrected chi connectivity index (χ0v) is 19.8. The van der Waals surface area contributed by atoms with Gasteiger partial charge >= 0.3 is 0 Å². The molecule has 3 aromatic carbocycles. The molecule has 2 heterocycles. The van der Waals surface area contributed by atoms with Crippen molar-refractivity contribution in [3.8, 4) is 0 Å². The predicted molar refractivity (Wildman–Crippen MR) is 144 cm³/mol. The van der Waals surface area contributed by atoms with E-state index in [9.17, 15) is 4.79 Å². The molecule has 7 nitrogen and oxygen atoms in total. The van der Waals surface area contributed by atoms with Gasteiger partial charge in [0.05, 0.1) is 23.2 Å². The second-order valence-electron chi connectivity index (χ2n) is 8.58. The van der Waals surface area contributed by atoms with E-state index >= 15 is 4.39 Å². The summed E-state index contributed by atoms with van der Waals surface area (Å²) in [7, 11) is 0. The zero-order valence-electron chi connectivity index (χ0n) is 19.8. The van der Waals surface area contributed by atoms with E-state index in [4.69, 9.17) is 11.5 Å². The SMILES string of the molecule is NC(=O)c1cc(F)c(N[C@H](c2ccccc2)[C@@H](N)c2ccccc2)nc1Nc1ccc2cccnc2c1. The number of rotatable bonds is 8. The summed E-state index contributed by atoms with van der Waals surface area (Å²) in [4.78, 5) is 20.9. The van der Waals surface area contributed by atoms with Crippen molar-refractivity contribution in [3.05, 3.63) is 126 Å². The number of hydrogen-bond acceptors (Lipinski definition) is 6. The topological polar surface area (TPSA) is 119 Å². The van der Waals surface area contributed by atoms with Gasteiger partial charge in [0.15, 0.2) is 11.6 Å². The average molecular weight is 493 g/mol. The highest BCUT2D eigenvalue weighted by Crippen LogP contribution is 2.32. The number of nitrogens with one attached hydrogen (secondary N) is 2. The van der Waals surface area contributed by atoms with Crippen molar-refractivity contribution >= 4 is 34.1 Å². The van der Waals surface area contributed by atoms with Crippen LogP contribution < -0.4 is 22.1 Å². The number of pyridine rings is 2. The monoisotopic (exact) mass is 492 g/mol. The Kier molecular flexibility index (Phi) is 6.74. The van der Waals surface area contributed by atoms with Crippen LogP contribution in [0.4, 0.5) is 21.7 Å². The van der Waals surface area contributed by atoms with Crippen LogP contribution in [0.3, 0.4) is 0 Å². The van der Waals surface area contributed by atoms with E-state index in [-0.39, 0.29) is 17.2 Å². The number of hydrogen-bond donors (Lipinski definition) is 4. The molecule has 37 heavy (non-hydrogen) atoms. The van der Waals surface area contributed by atoms with Gasteiger partial charge in [0.25, 0.3) is 5.91 Å². The normalized spacial score (nSPS) is 12.6. The predicted octanol–water partition coefficient (Wildman–Crippen LogP) is 5.46. The fourth-order valence-electron chi connectivity index (χ4n) is 4.21. The summed E-state index contributed by atoms with van der Waals surface area (Å²) in [5, 5.41) is 7.22. The van der Waals surface area contributed by atoms with E-state index in [1.807, 2.05) is 91.0 Å². The first-order valence-electron chi connectivity index (χ1n) is 11.7. The molecule has 0 unspecified atom stereocenters. The maximum absolute atomic E-state index is 15.3. The van der Waals surface area contributed by atoms with Gasteiger partial charge in [-0.3, -0.25) is 9.78 Å². The average Bonchev–Trinajstić information content (AvgIpc) is 2.93. The van der Waals surface area contributed by atoms with Crippen LogP contribution in [0, 0.1) is 5.82 Å². The van der Waals surface area contributed by atoms with Crippen LogP contribution in [-0.2, 0) is 0 Å². The lowest BCUT2D eigenvalue weighted by Crippen LogP contribution is -2.27. The van der Waals surface area contributed by atoms with Gasteiger partial charge in [-0.25, -0.2) is 9.37 Å². The summed E-state index contributed by atoms with van der Waals surface area (Å²) >= 11 is 0. The molecular weight excluding hydrogens is 467 g/mol. The molecule has 2 aromatic heterocycles. The summed E-state index contributed by atoms with van der Waals surface area (Å²) in [6, 6.07) is 28.4. The largest absolute Gasteiger partial charge is 0.365 e. The molecular formula is C29H25FN6O. The number of benzene rings is 3. The number of fused-ring (bicyclic) bond motifs is 1. The molecule has 1 amide bonds. The van der Waals surface area contributed by atoms with Crippen LogP contribution in [-0.4, -0.2) is 15.9 Å². The fraction of sp³-hybridized carbons (Fsp3) is 0.0690. The van der Waals surface area contributed by atoms with E-state index in [0.717, 1.165) is 28.1 Å². The Bertz CT molecular complexity index is 1540. The number of halogens is 1. The minimum absolute atomic E-state index is 0.0633. The summed E-state index contributed by atoms with van der Waals surface area (Å²) in [6.45, 7) is 0. The second kappa shape index (κ2) is 10.4. The Labute approximate surface area is 213 Å². The number of nitrogens with two attached hydrogens (primary N) is 2. The Balaban J connectivity index is 1.53. The molecule has 6 N–H and O–H groups in total. The van der Waals surface area contributed by atoms with Gasteiger partial charge in [0.1, 0.15) is 5.82 Å².